The molecule has 0 saturated heterocycles. The van der Waals surface area contributed by atoms with Crippen LogP contribution < -0.4 is 16.4 Å². The summed E-state index contributed by atoms with van der Waals surface area (Å²) in [6, 6.07) is 13.0. The monoisotopic (exact) mass is 331 g/mol. The molecule has 0 bridgehead atoms. The zero-order valence-corrected chi connectivity index (χ0v) is 13.4. The van der Waals surface area contributed by atoms with Crippen molar-refractivity contribution in [2.24, 2.45) is 5.73 Å². The van der Waals surface area contributed by atoms with E-state index in [2.05, 4.69) is 10.6 Å². The van der Waals surface area contributed by atoms with Crippen LogP contribution in [-0.4, -0.2) is 22.4 Å². The summed E-state index contributed by atoms with van der Waals surface area (Å²) in [6.45, 7) is 0.358. The highest BCUT2D eigenvalue weighted by Crippen LogP contribution is 2.10. The first kappa shape index (κ1) is 16.7. The minimum atomic E-state index is -1.06. The normalized spacial score (nSPS) is 11.5. The van der Waals surface area contributed by atoms with E-state index in [1.807, 2.05) is 0 Å². The van der Waals surface area contributed by atoms with Gasteiger partial charge in [0.1, 0.15) is 0 Å². The van der Waals surface area contributed by atoms with Crippen LogP contribution in [0.1, 0.15) is 15.9 Å². The van der Waals surface area contributed by atoms with Crippen molar-refractivity contribution in [1.29, 1.82) is 0 Å². The molecule has 0 radical (unpaired) electrons. The Kier molecular flexibility index (Phi) is 5.48. The lowest BCUT2D eigenvalue weighted by Gasteiger charge is -2.07. The second kappa shape index (κ2) is 7.55. The summed E-state index contributed by atoms with van der Waals surface area (Å²) >= 11 is 0. The molecule has 0 fully saturated rings. The van der Waals surface area contributed by atoms with Gasteiger partial charge >= 0.3 is 6.03 Å². The number of carbonyl (C=O) groups excluding carboxylic acids is 2. The molecule has 0 saturated carbocycles. The maximum Gasteiger partial charge on any atom is 0.316 e. The van der Waals surface area contributed by atoms with E-state index in [1.54, 1.807) is 54.8 Å². The number of carbonyl (C=O) groups is 2. The van der Waals surface area contributed by atoms with Crippen LogP contribution in [0.3, 0.4) is 0 Å². The van der Waals surface area contributed by atoms with Crippen LogP contribution in [0.15, 0.2) is 53.4 Å². The second-order valence-electron chi connectivity index (χ2n) is 4.85. The Morgan fingerprint density at radius 1 is 1.04 bits per heavy atom. The fourth-order valence-corrected chi connectivity index (χ4v) is 2.45. The van der Waals surface area contributed by atoms with Crippen molar-refractivity contribution < 1.29 is 13.8 Å². The summed E-state index contributed by atoms with van der Waals surface area (Å²) in [4.78, 5) is 23.5. The van der Waals surface area contributed by atoms with Crippen molar-refractivity contribution in [1.82, 2.24) is 5.32 Å². The minimum Gasteiger partial charge on any atom is -0.351 e. The third-order valence-electron chi connectivity index (χ3n) is 3.12. The van der Waals surface area contributed by atoms with Gasteiger partial charge in [-0.3, -0.25) is 9.00 Å². The smallest absolute Gasteiger partial charge is 0.316 e. The Labute approximate surface area is 136 Å². The second-order valence-corrected chi connectivity index (χ2v) is 6.23. The maximum atomic E-state index is 12.1. The molecule has 2 aromatic rings. The van der Waals surface area contributed by atoms with Gasteiger partial charge in [-0.15, -0.1) is 0 Å². The van der Waals surface area contributed by atoms with Gasteiger partial charge in [0.05, 0.1) is 0 Å². The minimum absolute atomic E-state index is 0.210. The first-order valence-electron chi connectivity index (χ1n) is 6.83. The van der Waals surface area contributed by atoms with E-state index in [0.29, 0.717) is 22.7 Å². The first-order valence-corrected chi connectivity index (χ1v) is 8.38. The summed E-state index contributed by atoms with van der Waals surface area (Å²) in [6.07, 6.45) is 1.59. The van der Waals surface area contributed by atoms with Gasteiger partial charge in [-0.2, -0.15) is 0 Å². The maximum absolute atomic E-state index is 12.1. The highest BCUT2D eigenvalue weighted by molar-refractivity contribution is 7.84. The van der Waals surface area contributed by atoms with Crippen molar-refractivity contribution in [2.45, 2.75) is 11.4 Å². The largest absolute Gasteiger partial charge is 0.351 e. The van der Waals surface area contributed by atoms with Crippen LogP contribution in [0, 0.1) is 0 Å². The third kappa shape index (κ3) is 4.93. The van der Waals surface area contributed by atoms with E-state index in [1.165, 1.54) is 0 Å². The van der Waals surface area contributed by atoms with Gasteiger partial charge in [0, 0.05) is 39.7 Å². The van der Waals surface area contributed by atoms with E-state index in [0.717, 1.165) is 5.56 Å². The molecule has 0 spiro atoms. The van der Waals surface area contributed by atoms with E-state index in [-0.39, 0.29) is 5.91 Å². The highest BCUT2D eigenvalue weighted by Gasteiger charge is 2.06. The Morgan fingerprint density at radius 2 is 1.65 bits per heavy atom. The lowest BCUT2D eigenvalue weighted by Crippen LogP contribution is -2.23. The van der Waals surface area contributed by atoms with E-state index in [9.17, 15) is 13.8 Å². The molecule has 0 aliphatic carbocycles. The lowest BCUT2D eigenvalue weighted by atomic mass is 10.2. The van der Waals surface area contributed by atoms with Gasteiger partial charge in [0.15, 0.2) is 0 Å². The van der Waals surface area contributed by atoms with Crippen molar-refractivity contribution in [3.8, 4) is 0 Å². The summed E-state index contributed by atoms with van der Waals surface area (Å²) in [5.74, 6) is -0.210. The number of benzene rings is 2. The molecule has 1 atom stereocenters. The van der Waals surface area contributed by atoms with Crippen LogP contribution in [0.4, 0.5) is 10.5 Å². The zero-order valence-electron chi connectivity index (χ0n) is 12.5. The number of rotatable bonds is 5. The SMILES string of the molecule is CS(=O)c1ccc(C(=O)NCc2ccc(NC(N)=O)cc2)cc1. The fraction of sp³-hybridized carbons (Fsp3) is 0.125. The number of hydrogen-bond donors (Lipinski definition) is 3. The number of nitrogens with one attached hydrogen (secondary N) is 2. The third-order valence-corrected chi connectivity index (χ3v) is 4.06. The molecular weight excluding hydrogens is 314 g/mol. The topological polar surface area (TPSA) is 101 Å². The van der Waals surface area contributed by atoms with Gasteiger partial charge in [-0.05, 0) is 42.0 Å². The highest BCUT2D eigenvalue weighted by atomic mass is 32.2. The quantitative estimate of drug-likeness (QED) is 0.779. The molecule has 2 rings (SSSR count). The molecule has 1 unspecified atom stereocenters. The van der Waals surface area contributed by atoms with Crippen molar-refractivity contribution in [3.05, 3.63) is 59.7 Å². The first-order chi connectivity index (χ1) is 11.0. The predicted molar refractivity (Wildman–Crippen MR) is 89.6 cm³/mol. The number of urea groups is 1. The van der Waals surface area contributed by atoms with Crippen molar-refractivity contribution in [2.75, 3.05) is 11.6 Å². The van der Waals surface area contributed by atoms with Gasteiger partial charge in [-0.1, -0.05) is 12.1 Å². The molecule has 0 aromatic heterocycles. The molecule has 7 heteroatoms. The van der Waals surface area contributed by atoms with E-state index < -0.39 is 16.8 Å². The fourth-order valence-electron chi connectivity index (χ4n) is 1.93. The molecule has 4 N–H and O–H groups in total. The number of nitrogens with two attached hydrogens (primary N) is 1. The molecule has 6 nitrogen and oxygen atoms in total. The molecular formula is C16H17N3O3S. The Morgan fingerprint density at radius 3 is 2.17 bits per heavy atom. The summed E-state index contributed by atoms with van der Waals surface area (Å²) in [5.41, 5.74) is 7.02. The molecule has 0 aliphatic rings. The van der Waals surface area contributed by atoms with Crippen LogP contribution in [-0.2, 0) is 17.3 Å². The molecule has 0 heterocycles. The van der Waals surface area contributed by atoms with Gasteiger partial charge in [0.2, 0.25) is 0 Å². The molecule has 120 valence electrons. The van der Waals surface area contributed by atoms with Crippen molar-refractivity contribution >= 4 is 28.4 Å². The summed E-state index contributed by atoms with van der Waals surface area (Å²) in [5, 5.41) is 5.26. The van der Waals surface area contributed by atoms with Crippen LogP contribution in [0.25, 0.3) is 0 Å². The van der Waals surface area contributed by atoms with Gasteiger partial charge in [-0.25, -0.2) is 4.79 Å². The molecule has 3 amide bonds. The Balaban J connectivity index is 1.93. The number of anilines is 1. The standard InChI is InChI=1S/C16H17N3O3S/c1-23(22)14-8-4-12(5-9-14)15(20)18-10-11-2-6-13(7-3-11)19-16(17)21/h2-9H,10H2,1H3,(H,18,20)(H3,17,19,21). The van der Waals surface area contributed by atoms with E-state index >= 15 is 0 Å². The molecule has 0 aliphatic heterocycles. The van der Waals surface area contributed by atoms with Crippen LogP contribution in [0.5, 0.6) is 0 Å². The summed E-state index contributed by atoms with van der Waals surface area (Å²) < 4.78 is 11.3. The van der Waals surface area contributed by atoms with Gasteiger partial charge in [0.25, 0.3) is 5.91 Å². The van der Waals surface area contributed by atoms with Crippen LogP contribution >= 0.6 is 0 Å². The van der Waals surface area contributed by atoms with Crippen molar-refractivity contribution in [3.63, 3.8) is 0 Å². The molecule has 23 heavy (non-hydrogen) atoms. The van der Waals surface area contributed by atoms with E-state index in [4.69, 9.17) is 5.73 Å². The average Bonchev–Trinajstić information content (AvgIpc) is 2.53. The zero-order chi connectivity index (χ0) is 16.8. The Bertz CT molecular complexity index is 727. The predicted octanol–water partition coefficient (Wildman–Crippen LogP) is 1.84. The van der Waals surface area contributed by atoms with Crippen LogP contribution in [0.2, 0.25) is 0 Å². The number of hydrogen-bond acceptors (Lipinski definition) is 3. The number of amides is 3. The molecule has 2 aromatic carbocycles. The average molecular weight is 331 g/mol. The summed E-state index contributed by atoms with van der Waals surface area (Å²) in [7, 11) is -1.06. The lowest BCUT2D eigenvalue weighted by molar-refractivity contribution is 0.0951. The number of primary amides is 1. The van der Waals surface area contributed by atoms with Gasteiger partial charge < -0.3 is 16.4 Å². The Hall–Kier alpha value is -2.67.